The number of hydrogen-bond acceptors (Lipinski definition) is 7. The molecule has 0 spiro atoms. The zero-order valence-electron chi connectivity index (χ0n) is 22.0. The highest BCUT2D eigenvalue weighted by Gasteiger charge is 2.42. The maximum atomic E-state index is 14.0. The lowest BCUT2D eigenvalue weighted by Gasteiger charge is -2.35. The Morgan fingerprint density at radius 2 is 1.74 bits per heavy atom. The van der Waals surface area contributed by atoms with Crippen LogP contribution in [0.3, 0.4) is 0 Å². The summed E-state index contributed by atoms with van der Waals surface area (Å²) in [6.07, 6.45) is 0.894. The first kappa shape index (κ1) is 28.9. The molecule has 4 rings (SSSR count). The van der Waals surface area contributed by atoms with Gasteiger partial charge >= 0.3 is 5.97 Å². The van der Waals surface area contributed by atoms with Crippen molar-refractivity contribution in [2.45, 2.75) is 79.2 Å². The zero-order valence-corrected chi connectivity index (χ0v) is 24.4. The Kier molecular flexibility index (Phi) is 7.50. The van der Waals surface area contributed by atoms with Gasteiger partial charge in [-0.05, 0) is 69.0 Å². The number of benzene rings is 2. The molecule has 0 aliphatic carbocycles. The number of carbonyl (C=O) groups is 1. The second-order valence-corrected chi connectivity index (χ2v) is 15.3. The van der Waals surface area contributed by atoms with Crippen molar-refractivity contribution in [3.05, 3.63) is 52.3 Å². The number of carbonyl (C=O) groups excluding carboxylic acids is 1. The van der Waals surface area contributed by atoms with E-state index in [1.54, 1.807) is 34.6 Å². The molecule has 1 fully saturated rings. The van der Waals surface area contributed by atoms with Crippen LogP contribution in [0, 0.1) is 5.82 Å². The standard InChI is InChI=1S/C26H32ClFN2O6S2/c1-25(2,3)36-24(31)15-30-10-8-17(9-11-30)29-38(34,35)23-14-22-19(13-20(23)27)26(4,5)18-7-6-16(28)12-21(18)37(22,32)33/h6-7,12-14,17,29H,8-11,15H2,1-5H3. The van der Waals surface area contributed by atoms with Crippen LogP contribution in [0.5, 0.6) is 0 Å². The second-order valence-electron chi connectivity index (χ2n) is 11.3. The molecule has 2 aromatic rings. The number of hydrogen-bond donors (Lipinski definition) is 1. The van der Waals surface area contributed by atoms with Crippen LogP contribution in [0.25, 0.3) is 0 Å². The summed E-state index contributed by atoms with van der Waals surface area (Å²) < 4.78 is 75.6. The first-order valence-electron chi connectivity index (χ1n) is 12.3. The molecule has 12 heteroatoms. The number of piperidine rings is 1. The minimum absolute atomic E-state index is 0.104. The minimum atomic E-state index is -4.20. The van der Waals surface area contributed by atoms with E-state index in [0.717, 1.165) is 12.1 Å². The molecule has 0 bridgehead atoms. The van der Waals surface area contributed by atoms with Gasteiger partial charge < -0.3 is 4.74 Å². The summed E-state index contributed by atoms with van der Waals surface area (Å²) in [5.41, 5.74) is -0.687. The number of ether oxygens (including phenoxy) is 1. The Labute approximate surface area is 228 Å². The topological polar surface area (TPSA) is 110 Å². The van der Waals surface area contributed by atoms with Crippen LogP contribution in [-0.4, -0.2) is 59.0 Å². The van der Waals surface area contributed by atoms with E-state index < -0.39 is 42.7 Å². The largest absolute Gasteiger partial charge is 0.459 e. The minimum Gasteiger partial charge on any atom is -0.459 e. The number of halogens is 2. The Hall–Kier alpha value is -2.05. The van der Waals surface area contributed by atoms with Crippen molar-refractivity contribution >= 4 is 37.4 Å². The van der Waals surface area contributed by atoms with E-state index in [1.165, 1.54) is 18.2 Å². The first-order chi connectivity index (χ1) is 17.4. The molecular formula is C26H32ClFN2O6S2. The smallest absolute Gasteiger partial charge is 0.320 e. The number of sulfonamides is 1. The van der Waals surface area contributed by atoms with Crippen molar-refractivity contribution in [3.63, 3.8) is 0 Å². The van der Waals surface area contributed by atoms with Gasteiger partial charge in [0.15, 0.2) is 0 Å². The number of rotatable bonds is 5. The van der Waals surface area contributed by atoms with Gasteiger partial charge in [-0.1, -0.05) is 31.5 Å². The Morgan fingerprint density at radius 1 is 1.13 bits per heavy atom. The average molecular weight is 587 g/mol. The molecule has 208 valence electrons. The SMILES string of the molecule is CC(C)(C)OC(=O)CN1CCC(NS(=O)(=O)c2cc3c(cc2Cl)C(C)(C)c2ccc(F)cc2S3(=O)=O)CC1. The quantitative estimate of drug-likeness (QED) is 0.527. The molecule has 8 nitrogen and oxygen atoms in total. The van der Waals surface area contributed by atoms with E-state index in [4.69, 9.17) is 16.3 Å². The van der Waals surface area contributed by atoms with Crippen molar-refractivity contribution in [2.75, 3.05) is 19.6 Å². The number of likely N-dealkylation sites (tertiary alicyclic amines) is 1. The zero-order chi connectivity index (χ0) is 28.3. The van der Waals surface area contributed by atoms with Gasteiger partial charge in [0, 0.05) is 24.5 Å². The third-order valence-electron chi connectivity index (χ3n) is 6.88. The van der Waals surface area contributed by atoms with Gasteiger partial charge in [-0.3, -0.25) is 9.69 Å². The molecule has 2 aliphatic rings. The van der Waals surface area contributed by atoms with Crippen LogP contribution >= 0.6 is 11.6 Å². The molecule has 1 saturated heterocycles. The summed E-state index contributed by atoms with van der Waals surface area (Å²) in [4.78, 5) is 13.3. The Bertz CT molecular complexity index is 1490. The van der Waals surface area contributed by atoms with E-state index in [9.17, 15) is 26.0 Å². The molecule has 0 aromatic heterocycles. The maximum Gasteiger partial charge on any atom is 0.320 e. The van der Waals surface area contributed by atoms with Gasteiger partial charge in [0.1, 0.15) is 16.3 Å². The normalized spacial score (nSPS) is 19.4. The van der Waals surface area contributed by atoms with Crippen molar-refractivity contribution in [3.8, 4) is 0 Å². The molecule has 0 saturated carbocycles. The fourth-order valence-corrected chi connectivity index (χ4v) is 8.93. The fraction of sp³-hybridized carbons (Fsp3) is 0.500. The molecule has 0 atom stereocenters. The highest BCUT2D eigenvalue weighted by molar-refractivity contribution is 7.92. The third-order valence-corrected chi connectivity index (χ3v) is 10.7. The fourth-order valence-electron chi connectivity index (χ4n) is 5.00. The number of esters is 1. The number of nitrogens with one attached hydrogen (secondary N) is 1. The molecule has 0 amide bonds. The van der Waals surface area contributed by atoms with E-state index in [0.29, 0.717) is 37.1 Å². The van der Waals surface area contributed by atoms with Gasteiger partial charge in [0.05, 0.1) is 21.4 Å². The summed E-state index contributed by atoms with van der Waals surface area (Å²) in [6.45, 7) is 10.0. The summed E-state index contributed by atoms with van der Waals surface area (Å²) in [6, 6.07) is 5.61. The second kappa shape index (κ2) is 9.85. The predicted octanol–water partition coefficient (Wildman–Crippen LogP) is 4.04. The molecular weight excluding hydrogens is 555 g/mol. The van der Waals surface area contributed by atoms with E-state index in [-0.39, 0.29) is 32.2 Å². The molecule has 2 aromatic carbocycles. The molecule has 0 unspecified atom stereocenters. The predicted molar refractivity (Wildman–Crippen MR) is 141 cm³/mol. The highest BCUT2D eigenvalue weighted by Crippen LogP contribution is 2.47. The summed E-state index contributed by atoms with van der Waals surface area (Å²) in [5, 5.41) is -0.104. The van der Waals surface area contributed by atoms with Gasteiger partial charge in [-0.25, -0.2) is 25.9 Å². The lowest BCUT2D eigenvalue weighted by atomic mass is 9.77. The van der Waals surface area contributed by atoms with Crippen LogP contribution in [0.2, 0.25) is 5.02 Å². The van der Waals surface area contributed by atoms with E-state index in [1.807, 2.05) is 4.90 Å². The summed E-state index contributed by atoms with van der Waals surface area (Å²) in [5.74, 6) is -1.05. The average Bonchev–Trinajstić information content (AvgIpc) is 2.77. The summed E-state index contributed by atoms with van der Waals surface area (Å²) in [7, 11) is -8.39. The van der Waals surface area contributed by atoms with Gasteiger partial charge in [0.25, 0.3) is 0 Å². The van der Waals surface area contributed by atoms with Gasteiger partial charge in [-0.2, -0.15) is 0 Å². The number of sulfone groups is 1. The summed E-state index contributed by atoms with van der Waals surface area (Å²) >= 11 is 6.44. The monoisotopic (exact) mass is 586 g/mol. The van der Waals surface area contributed by atoms with Crippen molar-refractivity contribution < 1.29 is 30.8 Å². The first-order valence-corrected chi connectivity index (χ1v) is 15.6. The third kappa shape index (κ3) is 5.62. The number of fused-ring (bicyclic) bond motifs is 2. The lowest BCUT2D eigenvalue weighted by molar-refractivity contribution is -0.156. The van der Waals surface area contributed by atoms with Crippen molar-refractivity contribution in [1.82, 2.24) is 9.62 Å². The van der Waals surface area contributed by atoms with Crippen LogP contribution < -0.4 is 4.72 Å². The lowest BCUT2D eigenvalue weighted by Crippen LogP contribution is -2.46. The van der Waals surface area contributed by atoms with Crippen LogP contribution in [-0.2, 0) is 34.8 Å². The van der Waals surface area contributed by atoms with Crippen molar-refractivity contribution in [1.29, 1.82) is 0 Å². The van der Waals surface area contributed by atoms with Crippen LogP contribution in [0.1, 0.15) is 58.6 Å². The van der Waals surface area contributed by atoms with E-state index >= 15 is 0 Å². The molecule has 0 radical (unpaired) electrons. The van der Waals surface area contributed by atoms with Gasteiger partial charge in [0.2, 0.25) is 19.9 Å². The van der Waals surface area contributed by atoms with E-state index in [2.05, 4.69) is 4.72 Å². The highest BCUT2D eigenvalue weighted by atomic mass is 35.5. The Balaban J connectivity index is 1.56. The van der Waals surface area contributed by atoms with Crippen molar-refractivity contribution in [2.24, 2.45) is 0 Å². The van der Waals surface area contributed by atoms with Gasteiger partial charge in [-0.15, -0.1) is 0 Å². The molecule has 38 heavy (non-hydrogen) atoms. The maximum absolute atomic E-state index is 14.0. The molecule has 2 aliphatic heterocycles. The number of nitrogens with zero attached hydrogens (tertiary/aromatic N) is 1. The molecule has 1 N–H and O–H groups in total. The molecule has 2 heterocycles. The Morgan fingerprint density at radius 3 is 2.34 bits per heavy atom. The van der Waals surface area contributed by atoms with Crippen LogP contribution in [0.4, 0.5) is 4.39 Å². The van der Waals surface area contributed by atoms with Crippen LogP contribution in [0.15, 0.2) is 45.0 Å².